The molecule has 1 atom stereocenters. The van der Waals surface area contributed by atoms with Crippen molar-refractivity contribution in [3.8, 4) is 0 Å². The number of carbonyl (C=O) groups excluding carboxylic acids is 4. The van der Waals surface area contributed by atoms with Crippen molar-refractivity contribution in [2.24, 2.45) is 5.41 Å². The Morgan fingerprint density at radius 3 is 2.59 bits per heavy atom. The smallest absolute Gasteiger partial charge is 0.407 e. The monoisotopic (exact) mass is 541 g/mol. The van der Waals surface area contributed by atoms with Crippen LogP contribution < -0.4 is 21.5 Å². The summed E-state index contributed by atoms with van der Waals surface area (Å²) in [5, 5.41) is 8.21. The Morgan fingerprint density at radius 2 is 1.92 bits per heavy atom. The van der Waals surface area contributed by atoms with Crippen molar-refractivity contribution in [2.75, 3.05) is 25.1 Å². The molecule has 1 aromatic heterocycles. The van der Waals surface area contributed by atoms with Gasteiger partial charge in [0, 0.05) is 38.0 Å². The van der Waals surface area contributed by atoms with Crippen LogP contribution in [-0.2, 0) is 23.9 Å². The van der Waals surface area contributed by atoms with Crippen molar-refractivity contribution >= 4 is 40.4 Å². The normalized spacial score (nSPS) is 19.3. The van der Waals surface area contributed by atoms with Crippen molar-refractivity contribution in [2.45, 2.75) is 71.4 Å². The Morgan fingerprint density at radius 1 is 1.21 bits per heavy atom. The minimum atomic E-state index is -0.837. The van der Waals surface area contributed by atoms with E-state index in [1.54, 1.807) is 45.9 Å². The number of piperidine rings is 1. The second-order valence-electron chi connectivity index (χ2n) is 11.2. The fourth-order valence-corrected chi connectivity index (χ4v) is 5.05. The van der Waals surface area contributed by atoms with Crippen LogP contribution in [0.3, 0.4) is 0 Å². The lowest BCUT2D eigenvalue weighted by molar-refractivity contribution is -0.135. The minimum absolute atomic E-state index is 0.120. The quantitative estimate of drug-likeness (QED) is 0.470. The first-order chi connectivity index (χ1) is 18.4. The first-order valence-corrected chi connectivity index (χ1v) is 13.1. The largest absolute Gasteiger partial charge is 0.444 e. The highest BCUT2D eigenvalue weighted by molar-refractivity contribution is 6.01. The fraction of sp³-hybridized carbons (Fsp3) is 0.556. The molecule has 39 heavy (non-hydrogen) atoms. The second kappa shape index (κ2) is 11.1. The number of para-hydroxylation sites is 1. The van der Waals surface area contributed by atoms with Crippen LogP contribution in [0.4, 0.5) is 10.5 Å². The van der Waals surface area contributed by atoms with Gasteiger partial charge in [0.15, 0.2) is 0 Å². The molecule has 4 rings (SSSR count). The molecule has 0 aliphatic carbocycles. The minimum Gasteiger partial charge on any atom is -0.444 e. The van der Waals surface area contributed by atoms with Gasteiger partial charge in [0.05, 0.1) is 11.1 Å². The summed E-state index contributed by atoms with van der Waals surface area (Å²) in [6.45, 7) is 8.15. The molecule has 0 radical (unpaired) electrons. The van der Waals surface area contributed by atoms with Crippen LogP contribution in [0.15, 0.2) is 23.0 Å². The van der Waals surface area contributed by atoms with Gasteiger partial charge in [-0.25, -0.2) is 9.78 Å². The average Bonchev–Trinajstić information content (AvgIpc) is 2.84. The number of fused-ring (bicyclic) bond motifs is 1. The maximum Gasteiger partial charge on any atom is 0.407 e. The number of alkyl carbamates (subject to hydrolysis) is 1. The van der Waals surface area contributed by atoms with Gasteiger partial charge in [0.25, 0.3) is 5.56 Å². The number of anilines is 1. The van der Waals surface area contributed by atoms with E-state index >= 15 is 0 Å². The number of aryl methyl sites for hydroxylation is 1. The van der Waals surface area contributed by atoms with Gasteiger partial charge >= 0.3 is 6.09 Å². The number of rotatable bonds is 6. The molecule has 0 bridgehead atoms. The maximum absolute atomic E-state index is 13.4. The predicted octanol–water partition coefficient (Wildman–Crippen LogP) is 2.33. The summed E-state index contributed by atoms with van der Waals surface area (Å²) in [4.78, 5) is 67.5. The van der Waals surface area contributed by atoms with E-state index in [0.717, 1.165) is 0 Å². The number of nitrogens with one attached hydrogen (secondary N) is 3. The number of ether oxygens (including phenoxy) is 2. The number of hydrogen-bond donors (Lipinski definition) is 3. The number of benzene rings is 1. The number of nitrogens with zero attached hydrogens (tertiary/aromatic N) is 2. The van der Waals surface area contributed by atoms with Crippen molar-refractivity contribution in [3.05, 3.63) is 34.4 Å². The highest BCUT2D eigenvalue weighted by Gasteiger charge is 2.36. The first kappa shape index (κ1) is 28.2. The summed E-state index contributed by atoms with van der Waals surface area (Å²) < 4.78 is 12.1. The van der Waals surface area contributed by atoms with Gasteiger partial charge in [0.2, 0.25) is 17.7 Å². The van der Waals surface area contributed by atoms with Gasteiger partial charge in [-0.1, -0.05) is 6.07 Å². The number of carbonyl (C=O) groups is 4. The molecule has 2 aromatic rings. The van der Waals surface area contributed by atoms with Gasteiger partial charge in [-0.2, -0.15) is 0 Å². The third-order valence-corrected chi connectivity index (χ3v) is 7.00. The van der Waals surface area contributed by atoms with E-state index in [4.69, 9.17) is 9.47 Å². The molecule has 0 spiro atoms. The fourth-order valence-electron chi connectivity index (χ4n) is 5.05. The summed E-state index contributed by atoms with van der Waals surface area (Å²) in [7, 11) is 0. The Kier molecular flexibility index (Phi) is 8.05. The van der Waals surface area contributed by atoms with Crippen molar-refractivity contribution in [3.63, 3.8) is 0 Å². The van der Waals surface area contributed by atoms with Crippen molar-refractivity contribution in [1.82, 2.24) is 20.2 Å². The summed E-state index contributed by atoms with van der Waals surface area (Å²) in [5.74, 6) is -0.900. The van der Waals surface area contributed by atoms with Crippen molar-refractivity contribution in [1.29, 1.82) is 0 Å². The third-order valence-electron chi connectivity index (χ3n) is 7.00. The van der Waals surface area contributed by atoms with Gasteiger partial charge in [-0.05, 0) is 59.1 Å². The number of aromatic nitrogens is 2. The molecule has 0 saturated carbocycles. The highest BCUT2D eigenvalue weighted by Crippen LogP contribution is 2.34. The molecule has 2 fully saturated rings. The molecule has 3 heterocycles. The molecule has 3 N–H and O–H groups in total. The number of amides is 4. The van der Waals surface area contributed by atoms with Gasteiger partial charge < -0.3 is 20.1 Å². The summed E-state index contributed by atoms with van der Waals surface area (Å²) in [6.07, 6.45) is 1.08. The molecular weight excluding hydrogens is 506 g/mol. The van der Waals surface area contributed by atoms with Gasteiger partial charge in [-0.3, -0.25) is 29.1 Å². The van der Waals surface area contributed by atoms with E-state index in [1.807, 2.05) is 0 Å². The lowest BCUT2D eigenvalue weighted by Crippen LogP contribution is -2.45. The maximum atomic E-state index is 13.4. The Bertz CT molecular complexity index is 1350. The summed E-state index contributed by atoms with van der Waals surface area (Å²) in [6, 6.07) is 4.06. The molecular formula is C27H35N5O7. The SMILES string of the molecule is Cc1nc2c(NC(=O)CC3(CNC(=O)OC(C)(C)C)CCOCC3)cccc2c(=O)n1C1CCC(=O)NC1=O. The molecule has 2 saturated heterocycles. The lowest BCUT2D eigenvalue weighted by Gasteiger charge is -2.37. The Balaban J connectivity index is 1.54. The molecule has 210 valence electrons. The van der Waals surface area contributed by atoms with Crippen LogP contribution in [0.1, 0.15) is 64.7 Å². The second-order valence-corrected chi connectivity index (χ2v) is 11.2. The van der Waals surface area contributed by atoms with Crippen LogP contribution in [0.2, 0.25) is 0 Å². The van der Waals surface area contributed by atoms with Crippen LogP contribution in [0.25, 0.3) is 10.9 Å². The zero-order valence-corrected chi connectivity index (χ0v) is 22.7. The first-order valence-electron chi connectivity index (χ1n) is 13.1. The molecule has 12 nitrogen and oxygen atoms in total. The summed E-state index contributed by atoms with van der Waals surface area (Å²) in [5.41, 5.74) is -0.905. The van der Waals surface area contributed by atoms with E-state index in [2.05, 4.69) is 20.9 Å². The van der Waals surface area contributed by atoms with E-state index in [9.17, 15) is 24.0 Å². The molecule has 2 aliphatic heterocycles. The number of imide groups is 1. The Labute approximate surface area is 225 Å². The zero-order chi connectivity index (χ0) is 28.4. The molecule has 2 aliphatic rings. The van der Waals surface area contributed by atoms with E-state index < -0.39 is 34.6 Å². The zero-order valence-electron chi connectivity index (χ0n) is 22.7. The van der Waals surface area contributed by atoms with E-state index in [0.29, 0.717) is 43.1 Å². The topological polar surface area (TPSA) is 158 Å². The average molecular weight is 542 g/mol. The summed E-state index contributed by atoms with van der Waals surface area (Å²) >= 11 is 0. The van der Waals surface area contributed by atoms with E-state index in [-0.39, 0.29) is 43.0 Å². The van der Waals surface area contributed by atoms with Crippen LogP contribution in [0.5, 0.6) is 0 Å². The van der Waals surface area contributed by atoms with Crippen molar-refractivity contribution < 1.29 is 28.7 Å². The third kappa shape index (κ3) is 6.62. The molecule has 12 heteroatoms. The number of hydrogen-bond acceptors (Lipinski definition) is 8. The molecule has 1 aromatic carbocycles. The van der Waals surface area contributed by atoms with E-state index in [1.165, 1.54) is 4.57 Å². The standard InChI is InChI=1S/C27H35N5O7/c1-16-29-22-17(24(36)32(16)19-8-9-20(33)31-23(19)35)6-5-7-18(22)30-21(34)14-27(10-12-38-13-11-27)15-28-25(37)39-26(2,3)4/h5-7,19H,8-15H2,1-4H3,(H,28,37)(H,30,34)(H,31,33,35). The lowest BCUT2D eigenvalue weighted by atomic mass is 9.77. The van der Waals surface area contributed by atoms with Gasteiger partial charge in [-0.15, -0.1) is 0 Å². The highest BCUT2D eigenvalue weighted by atomic mass is 16.6. The molecule has 1 unspecified atom stereocenters. The van der Waals surface area contributed by atoms with Gasteiger partial charge in [0.1, 0.15) is 23.0 Å². The van der Waals surface area contributed by atoms with Crippen LogP contribution in [-0.4, -0.2) is 58.7 Å². The predicted molar refractivity (Wildman–Crippen MR) is 142 cm³/mol. The molecule has 4 amide bonds. The Hall–Kier alpha value is -3.80. The van der Waals surface area contributed by atoms with Crippen LogP contribution >= 0.6 is 0 Å². The van der Waals surface area contributed by atoms with Crippen LogP contribution in [0, 0.1) is 12.3 Å².